The van der Waals surface area contributed by atoms with E-state index in [-0.39, 0.29) is 0 Å². The van der Waals surface area contributed by atoms with Gasteiger partial charge in [0.25, 0.3) is 0 Å². The summed E-state index contributed by atoms with van der Waals surface area (Å²) in [4.78, 5) is 0. The quantitative estimate of drug-likeness (QED) is 0.403. The van der Waals surface area contributed by atoms with Crippen LogP contribution in [-0.2, 0) is 10.2 Å². The largest absolute Gasteiger partial charge is 0.459 e. The molecular weight excluding hydrogens is 182 g/mol. The summed E-state index contributed by atoms with van der Waals surface area (Å²) >= 11 is 0. The monoisotopic (exact) mass is 182 g/mol. The van der Waals surface area contributed by atoms with Gasteiger partial charge in [0.2, 0.25) is 0 Å². The Morgan fingerprint density at radius 2 is 0.818 bits per heavy atom. The predicted molar refractivity (Wildman–Crippen MR) is 16.2 cm³/mol. The van der Waals surface area contributed by atoms with Crippen molar-refractivity contribution in [2.45, 2.75) is 18.1 Å². The van der Waals surface area contributed by atoms with Gasteiger partial charge in [0.1, 0.15) is 0 Å². The van der Waals surface area contributed by atoms with Crippen molar-refractivity contribution in [3.63, 3.8) is 0 Å². The minimum atomic E-state index is -6.36. The summed E-state index contributed by atoms with van der Waals surface area (Å²) in [6, 6.07) is 0. The van der Waals surface area contributed by atoms with Crippen molar-refractivity contribution in [2.75, 3.05) is 0 Å². The fraction of sp³-hybridized carbons (Fsp3) is 1.00. The first kappa shape index (κ1) is 10.5. The van der Waals surface area contributed by atoms with E-state index in [0.717, 1.165) is 0 Å². The Balaban J connectivity index is 4.75. The summed E-state index contributed by atoms with van der Waals surface area (Å²) < 4.78 is 65.9. The summed E-state index contributed by atoms with van der Waals surface area (Å²) in [5.41, 5.74) is 0. The number of rotatable bonds is 0. The van der Waals surface area contributed by atoms with Crippen LogP contribution in [0.25, 0.3) is 0 Å². The molecule has 0 rings (SSSR count). The van der Waals surface area contributed by atoms with Crippen LogP contribution in [0.1, 0.15) is 0 Å². The molecular formula is C3F6O2. The van der Waals surface area contributed by atoms with E-state index in [1.807, 2.05) is 0 Å². The zero-order valence-electron chi connectivity index (χ0n) is 4.58. The molecule has 0 aromatic carbocycles. The lowest BCUT2D eigenvalue weighted by molar-refractivity contribution is -0.482. The summed E-state index contributed by atoms with van der Waals surface area (Å²) in [6.45, 7) is 0. The van der Waals surface area contributed by atoms with Crippen LogP contribution in [0.3, 0.4) is 0 Å². The highest BCUT2D eigenvalue weighted by atomic mass is 19.4. The van der Waals surface area contributed by atoms with Crippen LogP contribution >= 0.6 is 0 Å². The van der Waals surface area contributed by atoms with Crippen molar-refractivity contribution < 1.29 is 36.6 Å². The Kier molecular flexibility index (Phi) is 2.14. The predicted octanol–water partition coefficient (Wildman–Crippen LogP) is 1.67. The minimum absolute atomic E-state index is 6.12. The van der Waals surface area contributed by atoms with Gasteiger partial charge in [0.15, 0.2) is 0 Å². The van der Waals surface area contributed by atoms with Gasteiger partial charge < -0.3 is 0 Å². The second kappa shape index (κ2) is 2.24. The molecule has 0 aromatic heterocycles. The van der Waals surface area contributed by atoms with Crippen LogP contribution in [0.5, 0.6) is 0 Å². The van der Waals surface area contributed by atoms with Crippen LogP contribution in [0.15, 0.2) is 0 Å². The smallest absolute Gasteiger partial charge is 0.174 e. The first-order chi connectivity index (χ1) is 4.50. The third-order valence-corrected chi connectivity index (χ3v) is 0.746. The Labute approximate surface area is 56.1 Å². The molecule has 0 unspecified atom stereocenters. The Bertz CT molecular complexity index is 127. The molecule has 0 saturated heterocycles. The van der Waals surface area contributed by atoms with E-state index in [0.29, 0.717) is 0 Å². The van der Waals surface area contributed by atoms with Gasteiger partial charge in [-0.05, 0) is 0 Å². The normalized spacial score (nSPS) is 15.3. The number of halogens is 6. The van der Waals surface area contributed by atoms with Crippen molar-refractivity contribution in [1.29, 1.82) is 0 Å². The van der Waals surface area contributed by atoms with Crippen molar-refractivity contribution in [3.05, 3.63) is 0 Å². The molecule has 0 N–H and O–H groups in total. The molecule has 0 aliphatic heterocycles. The van der Waals surface area contributed by atoms with Gasteiger partial charge in [-0.2, -0.15) is 36.6 Å². The van der Waals surface area contributed by atoms with E-state index in [1.165, 1.54) is 0 Å². The molecule has 0 atom stereocenters. The van der Waals surface area contributed by atoms with Crippen LogP contribution in [0, 0.1) is 0 Å². The summed E-state index contributed by atoms with van der Waals surface area (Å²) in [7, 11) is 0. The molecule has 0 saturated carbocycles. The molecule has 0 heterocycles. The van der Waals surface area contributed by atoms with Crippen molar-refractivity contribution in [3.8, 4) is 0 Å². The van der Waals surface area contributed by atoms with E-state index < -0.39 is 18.1 Å². The van der Waals surface area contributed by atoms with E-state index in [9.17, 15) is 36.6 Å². The van der Waals surface area contributed by atoms with Crippen LogP contribution < -0.4 is 0 Å². The standard InChI is InChI=1S/C3F6O2/c4-2(5,6)1(10,11)3(7,8)9. The van der Waals surface area contributed by atoms with Gasteiger partial charge in [-0.25, -0.2) is 0 Å². The van der Waals surface area contributed by atoms with Crippen molar-refractivity contribution >= 4 is 0 Å². The third kappa shape index (κ3) is 1.74. The second-order valence-corrected chi connectivity index (χ2v) is 1.61. The molecule has 0 aliphatic carbocycles. The van der Waals surface area contributed by atoms with Crippen LogP contribution in [-0.4, -0.2) is 18.1 Å². The fourth-order valence-corrected chi connectivity index (χ4v) is 0.161. The fourth-order valence-electron chi connectivity index (χ4n) is 0.161. The zero-order valence-corrected chi connectivity index (χ0v) is 4.58. The van der Waals surface area contributed by atoms with Gasteiger partial charge in [-0.15, -0.1) is 0 Å². The number of hydrogen-bond donors (Lipinski definition) is 0. The summed E-state index contributed by atoms with van der Waals surface area (Å²) in [6.07, 6.45) is -12.7. The van der Waals surface area contributed by atoms with Crippen molar-refractivity contribution in [1.82, 2.24) is 0 Å². The third-order valence-electron chi connectivity index (χ3n) is 0.746. The highest BCUT2D eigenvalue weighted by molar-refractivity contribution is 4.81. The number of alkyl halides is 6. The highest BCUT2D eigenvalue weighted by Crippen LogP contribution is 2.41. The molecule has 8 heteroatoms. The molecule has 2 nitrogen and oxygen atoms in total. The molecule has 0 fully saturated rings. The SMILES string of the molecule is [O]C([O])(C(F)(F)F)C(F)(F)F. The van der Waals surface area contributed by atoms with E-state index in [4.69, 9.17) is 0 Å². The average molecular weight is 182 g/mol. The van der Waals surface area contributed by atoms with Gasteiger partial charge in [-0.1, -0.05) is 0 Å². The minimum Gasteiger partial charge on any atom is -0.174 e. The Morgan fingerprint density at radius 3 is 0.818 bits per heavy atom. The Morgan fingerprint density at radius 1 is 0.636 bits per heavy atom. The van der Waals surface area contributed by atoms with Gasteiger partial charge in [0, 0.05) is 0 Å². The molecule has 11 heavy (non-hydrogen) atoms. The first-order valence-electron chi connectivity index (χ1n) is 2.04. The van der Waals surface area contributed by atoms with E-state index in [1.54, 1.807) is 0 Å². The molecule has 0 bridgehead atoms. The molecule has 66 valence electrons. The van der Waals surface area contributed by atoms with E-state index in [2.05, 4.69) is 0 Å². The highest BCUT2D eigenvalue weighted by Gasteiger charge is 2.73. The topological polar surface area (TPSA) is 39.8 Å². The molecule has 0 amide bonds. The lowest BCUT2D eigenvalue weighted by Crippen LogP contribution is -2.54. The molecule has 0 aromatic rings. The average Bonchev–Trinajstić information content (AvgIpc) is 1.58. The lowest BCUT2D eigenvalue weighted by atomic mass is 10.3. The Hall–Kier alpha value is -0.500. The maximum Gasteiger partial charge on any atom is 0.459 e. The van der Waals surface area contributed by atoms with Gasteiger partial charge in [-0.3, -0.25) is 0 Å². The maximum absolute atomic E-state index is 11.0. The van der Waals surface area contributed by atoms with Crippen LogP contribution in [0.4, 0.5) is 26.3 Å². The zero-order chi connectivity index (χ0) is 9.50. The van der Waals surface area contributed by atoms with Crippen LogP contribution in [0.2, 0.25) is 0 Å². The number of hydrogen-bond acceptors (Lipinski definition) is 0. The van der Waals surface area contributed by atoms with Crippen molar-refractivity contribution in [2.24, 2.45) is 0 Å². The first-order valence-corrected chi connectivity index (χ1v) is 2.04. The van der Waals surface area contributed by atoms with E-state index >= 15 is 0 Å². The molecule has 0 aliphatic rings. The lowest BCUT2D eigenvalue weighted by Gasteiger charge is -2.21. The van der Waals surface area contributed by atoms with Gasteiger partial charge in [0.05, 0.1) is 0 Å². The summed E-state index contributed by atoms with van der Waals surface area (Å²) in [5, 5.41) is 18.7. The summed E-state index contributed by atoms with van der Waals surface area (Å²) in [5.74, 6) is -6.12. The molecule has 0 spiro atoms. The molecule has 2 radical (unpaired) electrons. The second-order valence-electron chi connectivity index (χ2n) is 1.61. The van der Waals surface area contributed by atoms with Gasteiger partial charge >= 0.3 is 18.1 Å². The maximum atomic E-state index is 11.0.